The van der Waals surface area contributed by atoms with Gasteiger partial charge in [0.1, 0.15) is 18.2 Å². The normalized spacial score (nSPS) is 11.2. The summed E-state index contributed by atoms with van der Waals surface area (Å²) in [6.45, 7) is 3.82. The number of H-pyrrole nitrogens is 1. The molecular weight excluding hydrogens is 402 g/mol. The SMILES string of the molecule is COC(=O)C(C)(C)COc1ccc(-c2ccc(-c3ncc(-c4ccccc4)[nH]3)cn2)cc1. The van der Waals surface area contributed by atoms with E-state index in [0.717, 1.165) is 33.9 Å². The van der Waals surface area contributed by atoms with Crippen LogP contribution in [0.15, 0.2) is 79.1 Å². The molecule has 2 heterocycles. The average molecular weight is 428 g/mol. The quantitative estimate of drug-likeness (QED) is 0.401. The number of aromatic amines is 1. The molecule has 0 radical (unpaired) electrons. The summed E-state index contributed by atoms with van der Waals surface area (Å²) in [7, 11) is 1.38. The van der Waals surface area contributed by atoms with Crippen LogP contribution in [-0.4, -0.2) is 34.6 Å². The molecular formula is C26H25N3O3. The second-order valence-corrected chi connectivity index (χ2v) is 8.13. The number of methoxy groups -OCH3 is 1. The number of benzene rings is 2. The number of carbonyl (C=O) groups is 1. The number of carbonyl (C=O) groups excluding carboxylic acids is 1. The Morgan fingerprint density at radius 2 is 1.59 bits per heavy atom. The number of hydrogen-bond donors (Lipinski definition) is 1. The second kappa shape index (κ2) is 9.06. The van der Waals surface area contributed by atoms with Crippen LogP contribution in [0.1, 0.15) is 13.8 Å². The van der Waals surface area contributed by atoms with Crippen LogP contribution >= 0.6 is 0 Å². The number of ether oxygens (including phenoxy) is 2. The number of rotatable bonds is 7. The zero-order chi connectivity index (χ0) is 22.6. The van der Waals surface area contributed by atoms with E-state index in [1.165, 1.54) is 7.11 Å². The lowest BCUT2D eigenvalue weighted by Gasteiger charge is -2.21. The Morgan fingerprint density at radius 3 is 2.25 bits per heavy atom. The standard InChI is InChI=1S/C26H25N3O3/c1-26(2,25(30)31-3)17-32-21-12-9-19(10-13-21)22-14-11-20(15-27-22)24-28-16-23(29-24)18-7-5-4-6-8-18/h4-16H,17H2,1-3H3,(H,28,29). The Morgan fingerprint density at radius 1 is 0.875 bits per heavy atom. The third-order valence-electron chi connectivity index (χ3n) is 5.19. The summed E-state index contributed by atoms with van der Waals surface area (Å²) < 4.78 is 10.6. The van der Waals surface area contributed by atoms with Gasteiger partial charge in [0.15, 0.2) is 0 Å². The highest BCUT2D eigenvalue weighted by molar-refractivity contribution is 5.76. The van der Waals surface area contributed by atoms with Crippen LogP contribution < -0.4 is 4.74 Å². The van der Waals surface area contributed by atoms with Gasteiger partial charge in [-0.1, -0.05) is 30.3 Å². The molecule has 0 fully saturated rings. The highest BCUT2D eigenvalue weighted by Crippen LogP contribution is 2.26. The largest absolute Gasteiger partial charge is 0.492 e. The summed E-state index contributed by atoms with van der Waals surface area (Å²) in [6.07, 6.45) is 3.64. The molecule has 4 aromatic rings. The zero-order valence-corrected chi connectivity index (χ0v) is 18.3. The molecule has 0 spiro atoms. The van der Waals surface area contributed by atoms with Crippen molar-refractivity contribution in [2.45, 2.75) is 13.8 Å². The molecule has 162 valence electrons. The van der Waals surface area contributed by atoms with Gasteiger partial charge in [0.2, 0.25) is 0 Å². The molecule has 0 bridgehead atoms. The molecule has 0 amide bonds. The summed E-state index contributed by atoms with van der Waals surface area (Å²) in [6, 6.07) is 21.7. The lowest BCUT2D eigenvalue weighted by molar-refractivity contribution is -0.152. The van der Waals surface area contributed by atoms with Crippen LogP contribution in [0.5, 0.6) is 5.75 Å². The van der Waals surface area contributed by atoms with Crippen molar-refractivity contribution < 1.29 is 14.3 Å². The van der Waals surface area contributed by atoms with Gasteiger partial charge < -0.3 is 14.5 Å². The lowest BCUT2D eigenvalue weighted by Crippen LogP contribution is -2.32. The average Bonchev–Trinajstić information content (AvgIpc) is 3.34. The summed E-state index contributed by atoms with van der Waals surface area (Å²) >= 11 is 0. The Hall–Kier alpha value is -3.93. The maximum Gasteiger partial charge on any atom is 0.314 e. The first-order valence-electron chi connectivity index (χ1n) is 10.3. The molecule has 0 saturated heterocycles. The van der Waals surface area contributed by atoms with Crippen LogP contribution in [0.4, 0.5) is 0 Å². The van der Waals surface area contributed by atoms with E-state index in [4.69, 9.17) is 9.47 Å². The molecule has 0 aliphatic heterocycles. The monoisotopic (exact) mass is 427 g/mol. The number of pyridine rings is 1. The van der Waals surface area contributed by atoms with Gasteiger partial charge in [-0.15, -0.1) is 0 Å². The van der Waals surface area contributed by atoms with E-state index in [2.05, 4.69) is 15.0 Å². The van der Waals surface area contributed by atoms with Crippen molar-refractivity contribution in [2.24, 2.45) is 5.41 Å². The van der Waals surface area contributed by atoms with E-state index in [1.54, 1.807) is 13.8 Å². The van der Waals surface area contributed by atoms with Crippen LogP contribution in [0, 0.1) is 5.41 Å². The highest BCUT2D eigenvalue weighted by atomic mass is 16.5. The van der Waals surface area contributed by atoms with E-state index in [9.17, 15) is 4.79 Å². The number of imidazole rings is 1. The Bertz CT molecular complexity index is 1180. The van der Waals surface area contributed by atoms with Crippen molar-refractivity contribution in [2.75, 3.05) is 13.7 Å². The van der Waals surface area contributed by atoms with Gasteiger partial charge in [0.05, 0.1) is 30.1 Å². The minimum Gasteiger partial charge on any atom is -0.492 e. The van der Waals surface area contributed by atoms with Gasteiger partial charge in [0.25, 0.3) is 0 Å². The molecule has 0 aliphatic carbocycles. The fourth-order valence-electron chi connectivity index (χ4n) is 3.26. The van der Waals surface area contributed by atoms with Gasteiger partial charge in [-0.05, 0) is 55.8 Å². The molecule has 0 unspecified atom stereocenters. The fraction of sp³-hybridized carbons (Fsp3) is 0.192. The molecule has 32 heavy (non-hydrogen) atoms. The first-order valence-corrected chi connectivity index (χ1v) is 10.3. The summed E-state index contributed by atoms with van der Waals surface area (Å²) in [5, 5.41) is 0. The van der Waals surface area contributed by atoms with Gasteiger partial charge in [-0.3, -0.25) is 9.78 Å². The van der Waals surface area contributed by atoms with Gasteiger partial charge in [-0.25, -0.2) is 4.98 Å². The maximum absolute atomic E-state index is 11.8. The zero-order valence-electron chi connectivity index (χ0n) is 18.3. The molecule has 2 aromatic carbocycles. The predicted octanol–water partition coefficient (Wildman–Crippen LogP) is 5.38. The van der Waals surface area contributed by atoms with Gasteiger partial charge in [-0.2, -0.15) is 0 Å². The van der Waals surface area contributed by atoms with E-state index < -0.39 is 5.41 Å². The van der Waals surface area contributed by atoms with E-state index in [1.807, 2.05) is 79.1 Å². The Kier molecular flexibility index (Phi) is 6.03. The molecule has 6 heteroatoms. The summed E-state index contributed by atoms with van der Waals surface area (Å²) in [5.41, 5.74) is 4.09. The number of nitrogens with zero attached hydrogens (tertiary/aromatic N) is 2. The number of aromatic nitrogens is 3. The van der Waals surface area contributed by atoms with Crippen LogP contribution in [0.2, 0.25) is 0 Å². The summed E-state index contributed by atoms with van der Waals surface area (Å²) in [5.74, 6) is 1.16. The van der Waals surface area contributed by atoms with Crippen LogP contribution in [0.3, 0.4) is 0 Å². The third kappa shape index (κ3) is 4.70. The molecule has 0 atom stereocenters. The van der Waals surface area contributed by atoms with Crippen molar-refractivity contribution in [1.82, 2.24) is 15.0 Å². The first kappa shape index (κ1) is 21.3. The molecule has 1 N–H and O–H groups in total. The maximum atomic E-state index is 11.8. The van der Waals surface area contributed by atoms with Crippen molar-refractivity contribution in [3.05, 3.63) is 79.1 Å². The first-order chi connectivity index (χ1) is 15.5. The third-order valence-corrected chi connectivity index (χ3v) is 5.19. The number of nitrogens with one attached hydrogen (secondary N) is 1. The van der Waals surface area contributed by atoms with Crippen molar-refractivity contribution in [3.8, 4) is 39.7 Å². The summed E-state index contributed by atoms with van der Waals surface area (Å²) in [4.78, 5) is 24.2. The Labute approximate surface area is 187 Å². The highest BCUT2D eigenvalue weighted by Gasteiger charge is 2.29. The van der Waals surface area contributed by atoms with Crippen molar-refractivity contribution >= 4 is 5.97 Å². The molecule has 0 saturated carbocycles. The lowest BCUT2D eigenvalue weighted by atomic mass is 9.95. The van der Waals surface area contributed by atoms with E-state index in [-0.39, 0.29) is 12.6 Å². The van der Waals surface area contributed by atoms with Crippen LogP contribution in [-0.2, 0) is 9.53 Å². The van der Waals surface area contributed by atoms with Gasteiger partial charge in [0, 0.05) is 17.3 Å². The fourth-order valence-corrected chi connectivity index (χ4v) is 3.26. The Balaban J connectivity index is 1.43. The molecule has 0 aliphatic rings. The van der Waals surface area contributed by atoms with Gasteiger partial charge >= 0.3 is 5.97 Å². The minimum absolute atomic E-state index is 0.236. The molecule has 6 nitrogen and oxygen atoms in total. The minimum atomic E-state index is -0.711. The molecule has 2 aromatic heterocycles. The van der Waals surface area contributed by atoms with E-state index in [0.29, 0.717) is 5.75 Å². The van der Waals surface area contributed by atoms with E-state index >= 15 is 0 Å². The molecule has 4 rings (SSSR count). The van der Waals surface area contributed by atoms with Crippen molar-refractivity contribution in [3.63, 3.8) is 0 Å². The topological polar surface area (TPSA) is 77.1 Å². The number of hydrogen-bond acceptors (Lipinski definition) is 5. The van der Waals surface area contributed by atoms with Crippen LogP contribution in [0.25, 0.3) is 33.9 Å². The smallest absolute Gasteiger partial charge is 0.314 e. The second-order valence-electron chi connectivity index (χ2n) is 8.13. The number of esters is 1. The predicted molar refractivity (Wildman–Crippen MR) is 124 cm³/mol. The van der Waals surface area contributed by atoms with Crippen molar-refractivity contribution in [1.29, 1.82) is 0 Å².